The van der Waals surface area contributed by atoms with E-state index in [4.69, 9.17) is 21.1 Å². The van der Waals surface area contributed by atoms with Crippen LogP contribution in [-0.4, -0.2) is 22.3 Å². The van der Waals surface area contributed by atoms with Gasteiger partial charge >= 0.3 is 5.97 Å². The third-order valence-corrected chi connectivity index (χ3v) is 2.07. The second-order valence-electron chi connectivity index (χ2n) is 2.79. The van der Waals surface area contributed by atoms with Gasteiger partial charge in [-0.3, -0.25) is 4.79 Å². The average Bonchev–Trinajstić information content (AvgIpc) is 2.61. The minimum atomic E-state index is -1.19. The van der Waals surface area contributed by atoms with E-state index in [1.807, 2.05) is 0 Å². The highest BCUT2D eigenvalue weighted by molar-refractivity contribution is 6.33. The number of halogens is 1. The first kappa shape index (κ1) is 9.67. The number of fused-ring (bicyclic) bond motifs is 1. The average molecular weight is 226 g/mol. The number of aromatic carboxylic acids is 1. The fraction of sp³-hybridized carbons (Fsp3) is 0. The van der Waals surface area contributed by atoms with Crippen LogP contribution in [0.4, 0.5) is 0 Å². The van der Waals surface area contributed by atoms with Crippen molar-refractivity contribution in [3.05, 3.63) is 28.7 Å². The number of rotatable bonds is 2. The first-order valence-electron chi connectivity index (χ1n) is 3.90. The molecule has 1 N–H and O–H groups in total. The summed E-state index contributed by atoms with van der Waals surface area (Å²) in [6.45, 7) is 0. The van der Waals surface area contributed by atoms with Crippen molar-refractivity contribution < 1.29 is 19.1 Å². The van der Waals surface area contributed by atoms with Crippen LogP contribution in [0.5, 0.6) is 0 Å². The molecule has 5 nitrogen and oxygen atoms in total. The summed E-state index contributed by atoms with van der Waals surface area (Å²) < 4.78 is 5.03. The Labute approximate surface area is 88.3 Å². The number of carboxylic acids is 1. The number of aldehydes is 1. The molecule has 0 bridgehead atoms. The molecule has 2 aromatic heterocycles. The van der Waals surface area contributed by atoms with Gasteiger partial charge in [0.15, 0.2) is 28.5 Å². The molecule has 0 radical (unpaired) electrons. The van der Waals surface area contributed by atoms with Crippen molar-refractivity contribution in [3.8, 4) is 0 Å². The minimum absolute atomic E-state index is 0.0713. The Bertz CT molecular complexity index is 560. The number of furan rings is 1. The number of aromatic nitrogens is 1. The fourth-order valence-electron chi connectivity index (χ4n) is 1.20. The molecule has 0 saturated heterocycles. The molecule has 0 atom stereocenters. The van der Waals surface area contributed by atoms with Crippen LogP contribution in [0.3, 0.4) is 0 Å². The number of hydrogen-bond acceptors (Lipinski definition) is 4. The zero-order chi connectivity index (χ0) is 11.0. The lowest BCUT2D eigenvalue weighted by atomic mass is 10.2. The van der Waals surface area contributed by atoms with Crippen molar-refractivity contribution in [2.24, 2.45) is 0 Å². The molecular weight excluding hydrogens is 222 g/mol. The van der Waals surface area contributed by atoms with Crippen molar-refractivity contribution in [2.45, 2.75) is 0 Å². The van der Waals surface area contributed by atoms with Gasteiger partial charge in [0, 0.05) is 5.39 Å². The zero-order valence-corrected chi connectivity index (χ0v) is 7.99. The normalized spacial score (nSPS) is 10.5. The van der Waals surface area contributed by atoms with E-state index in [2.05, 4.69) is 4.98 Å². The predicted molar refractivity (Wildman–Crippen MR) is 51.4 cm³/mol. The summed E-state index contributed by atoms with van der Waals surface area (Å²) in [4.78, 5) is 24.7. The summed E-state index contributed by atoms with van der Waals surface area (Å²) in [6.07, 6.45) is 0.511. The summed E-state index contributed by atoms with van der Waals surface area (Å²) in [6, 6.07) is 2.70. The van der Waals surface area contributed by atoms with Gasteiger partial charge in [-0.05, 0) is 12.1 Å². The Kier molecular flexibility index (Phi) is 2.17. The summed E-state index contributed by atoms with van der Waals surface area (Å²) >= 11 is 5.69. The largest absolute Gasteiger partial charge is 0.477 e. The van der Waals surface area contributed by atoms with Crippen molar-refractivity contribution in [2.75, 3.05) is 0 Å². The second kappa shape index (κ2) is 3.36. The van der Waals surface area contributed by atoms with Crippen molar-refractivity contribution in [3.63, 3.8) is 0 Å². The fourth-order valence-corrected chi connectivity index (χ4v) is 1.44. The number of carboxylic acid groups (broad SMARTS) is 1. The number of nitrogens with zero attached hydrogens (tertiary/aromatic N) is 1. The molecule has 2 aromatic rings. The molecule has 0 fully saturated rings. The monoisotopic (exact) mass is 225 g/mol. The molecule has 76 valence electrons. The molecule has 0 spiro atoms. The topological polar surface area (TPSA) is 80.4 Å². The Hall–Kier alpha value is -1.88. The second-order valence-corrected chi connectivity index (χ2v) is 3.15. The lowest BCUT2D eigenvalue weighted by molar-refractivity contribution is 0.0690. The Morgan fingerprint density at radius 3 is 2.87 bits per heavy atom. The molecule has 0 aliphatic carbocycles. The van der Waals surface area contributed by atoms with Gasteiger partial charge < -0.3 is 9.52 Å². The lowest BCUT2D eigenvalue weighted by Crippen LogP contribution is -1.99. The molecule has 15 heavy (non-hydrogen) atoms. The van der Waals surface area contributed by atoms with Crippen LogP contribution in [0.1, 0.15) is 21.0 Å². The Morgan fingerprint density at radius 1 is 1.53 bits per heavy atom. The molecule has 0 aromatic carbocycles. The molecule has 6 heteroatoms. The van der Waals surface area contributed by atoms with Crippen LogP contribution in [0.25, 0.3) is 11.0 Å². The van der Waals surface area contributed by atoms with E-state index < -0.39 is 5.97 Å². The third-order valence-electron chi connectivity index (χ3n) is 1.81. The predicted octanol–water partition coefficient (Wildman–Crippen LogP) is 1.99. The van der Waals surface area contributed by atoms with Gasteiger partial charge in [0.1, 0.15) is 0 Å². The number of hydrogen-bond donors (Lipinski definition) is 1. The summed E-state index contributed by atoms with van der Waals surface area (Å²) in [5.74, 6) is -1.11. The van der Waals surface area contributed by atoms with E-state index in [1.165, 1.54) is 12.1 Å². The molecule has 0 unspecified atom stereocenters. The van der Waals surface area contributed by atoms with Gasteiger partial charge in [-0.2, -0.15) is 0 Å². The highest BCUT2D eigenvalue weighted by atomic mass is 35.5. The van der Waals surface area contributed by atoms with Crippen LogP contribution in [0, 0.1) is 0 Å². The summed E-state index contributed by atoms with van der Waals surface area (Å²) in [7, 11) is 0. The third kappa shape index (κ3) is 1.57. The number of carbonyl (C=O) groups excluding carboxylic acids is 1. The Balaban J connectivity index is 2.75. The molecular formula is C9H4ClNO4. The van der Waals surface area contributed by atoms with E-state index in [0.717, 1.165) is 0 Å². The van der Waals surface area contributed by atoms with E-state index in [9.17, 15) is 9.59 Å². The highest BCUT2D eigenvalue weighted by Gasteiger charge is 2.13. The van der Waals surface area contributed by atoms with E-state index in [0.29, 0.717) is 11.7 Å². The van der Waals surface area contributed by atoms with Gasteiger partial charge in [0.2, 0.25) is 0 Å². The quantitative estimate of drug-likeness (QED) is 0.624. The molecule has 0 aliphatic heterocycles. The molecule has 0 saturated carbocycles. The van der Waals surface area contributed by atoms with E-state index in [-0.39, 0.29) is 22.2 Å². The first-order valence-corrected chi connectivity index (χ1v) is 4.28. The van der Waals surface area contributed by atoms with Gasteiger partial charge in [-0.1, -0.05) is 11.6 Å². The van der Waals surface area contributed by atoms with Crippen LogP contribution in [0.2, 0.25) is 5.15 Å². The smallest absolute Gasteiger partial charge is 0.354 e. The van der Waals surface area contributed by atoms with Crippen molar-refractivity contribution in [1.82, 2.24) is 4.98 Å². The number of carbonyl (C=O) groups is 2. The minimum Gasteiger partial charge on any atom is -0.477 e. The molecule has 2 rings (SSSR count). The van der Waals surface area contributed by atoms with Crippen LogP contribution >= 0.6 is 11.6 Å². The molecule has 0 aliphatic rings. The van der Waals surface area contributed by atoms with Crippen LogP contribution < -0.4 is 0 Å². The SMILES string of the molecule is O=Cc1cc2cc(C(=O)O)nc(Cl)c2o1. The summed E-state index contributed by atoms with van der Waals surface area (Å²) in [5, 5.41) is 9.08. The van der Waals surface area contributed by atoms with Crippen LogP contribution in [-0.2, 0) is 0 Å². The lowest BCUT2D eigenvalue weighted by Gasteiger charge is -1.95. The molecule has 0 amide bonds. The van der Waals surface area contributed by atoms with Gasteiger partial charge in [-0.15, -0.1) is 0 Å². The maximum Gasteiger partial charge on any atom is 0.354 e. The van der Waals surface area contributed by atoms with Crippen LogP contribution in [0.15, 0.2) is 16.5 Å². The van der Waals surface area contributed by atoms with E-state index in [1.54, 1.807) is 0 Å². The van der Waals surface area contributed by atoms with Gasteiger partial charge in [0.25, 0.3) is 0 Å². The maximum atomic E-state index is 10.7. The zero-order valence-electron chi connectivity index (χ0n) is 7.23. The van der Waals surface area contributed by atoms with Gasteiger partial charge in [0.05, 0.1) is 0 Å². The highest BCUT2D eigenvalue weighted by Crippen LogP contribution is 2.25. The van der Waals surface area contributed by atoms with Crippen molar-refractivity contribution in [1.29, 1.82) is 0 Å². The summed E-state index contributed by atoms with van der Waals surface area (Å²) in [5.41, 5.74) is 0.0227. The van der Waals surface area contributed by atoms with E-state index >= 15 is 0 Å². The van der Waals surface area contributed by atoms with Crippen molar-refractivity contribution >= 4 is 34.8 Å². The Morgan fingerprint density at radius 2 is 2.27 bits per heavy atom. The number of pyridine rings is 1. The molecule has 2 heterocycles. The first-order chi connectivity index (χ1) is 7.11. The van der Waals surface area contributed by atoms with Gasteiger partial charge in [-0.25, -0.2) is 9.78 Å². The maximum absolute atomic E-state index is 10.7. The standard InChI is InChI=1S/C9H4ClNO4/c10-8-7-4(1-5(3-12)15-7)2-6(11-8)9(13)14/h1-3H,(H,13,14).